The Morgan fingerprint density at radius 1 is 1.39 bits per heavy atom. The van der Waals surface area contributed by atoms with Crippen molar-refractivity contribution in [2.75, 3.05) is 18.8 Å². The molecular formula is C16H21ClFN3OS. The van der Waals surface area contributed by atoms with Gasteiger partial charge in [0.05, 0.1) is 12.7 Å². The van der Waals surface area contributed by atoms with E-state index in [1.54, 1.807) is 12.1 Å². The van der Waals surface area contributed by atoms with Gasteiger partial charge in [-0.15, -0.1) is 23.7 Å². The summed E-state index contributed by atoms with van der Waals surface area (Å²) in [4.78, 5) is 7.61. The molecule has 1 aromatic carbocycles. The monoisotopic (exact) mass is 357 g/mol. The molecule has 1 aliphatic heterocycles. The molecule has 1 aliphatic rings. The van der Waals surface area contributed by atoms with E-state index >= 15 is 0 Å². The molecule has 1 saturated heterocycles. The molecule has 7 heteroatoms. The maximum absolute atomic E-state index is 13.6. The lowest BCUT2D eigenvalue weighted by Gasteiger charge is -2.32. The molecule has 126 valence electrons. The number of aromatic nitrogens is 1. The van der Waals surface area contributed by atoms with E-state index in [0.717, 1.165) is 32.5 Å². The maximum Gasteiger partial charge on any atom is 0.180 e. The molecule has 2 N–H and O–H groups in total. The highest BCUT2D eigenvalue weighted by molar-refractivity contribution is 7.15. The summed E-state index contributed by atoms with van der Waals surface area (Å²) < 4.78 is 19.5. The third-order valence-corrected chi connectivity index (χ3v) is 4.66. The lowest BCUT2D eigenvalue weighted by Crippen LogP contribution is -2.39. The fourth-order valence-corrected chi connectivity index (χ4v) is 3.46. The Balaban J connectivity index is 0.00000192. The number of hydrogen-bond acceptors (Lipinski definition) is 5. The van der Waals surface area contributed by atoms with Crippen LogP contribution in [0.15, 0.2) is 30.5 Å². The Kier molecular flexibility index (Phi) is 6.77. The number of hydrogen-bond donors (Lipinski definition) is 1. The predicted octanol–water partition coefficient (Wildman–Crippen LogP) is 3.47. The van der Waals surface area contributed by atoms with Gasteiger partial charge in [0.25, 0.3) is 0 Å². The van der Waals surface area contributed by atoms with Crippen molar-refractivity contribution >= 4 is 28.9 Å². The fourth-order valence-electron chi connectivity index (χ4n) is 2.73. The summed E-state index contributed by atoms with van der Waals surface area (Å²) in [6.45, 7) is 3.11. The van der Waals surface area contributed by atoms with Crippen LogP contribution >= 0.6 is 23.7 Å². The highest BCUT2D eigenvalue weighted by Gasteiger charge is 2.21. The highest BCUT2D eigenvalue weighted by atomic mass is 35.5. The first kappa shape index (κ1) is 18.1. The van der Waals surface area contributed by atoms with Gasteiger partial charge in [-0.1, -0.05) is 18.2 Å². The number of ether oxygens (including phenoxy) is 1. The van der Waals surface area contributed by atoms with Gasteiger partial charge in [-0.3, -0.25) is 4.90 Å². The summed E-state index contributed by atoms with van der Waals surface area (Å²) >= 11 is 1.53. The van der Waals surface area contributed by atoms with Crippen LogP contribution in [-0.2, 0) is 17.9 Å². The van der Waals surface area contributed by atoms with Gasteiger partial charge in [0, 0.05) is 29.7 Å². The van der Waals surface area contributed by atoms with Crippen LogP contribution < -0.4 is 5.73 Å². The first-order chi connectivity index (χ1) is 10.7. The first-order valence-electron chi connectivity index (χ1n) is 7.48. The van der Waals surface area contributed by atoms with Crippen molar-refractivity contribution in [1.29, 1.82) is 0 Å². The van der Waals surface area contributed by atoms with Gasteiger partial charge in [-0.25, -0.2) is 9.37 Å². The number of thiazole rings is 1. The number of halogens is 2. The minimum absolute atomic E-state index is 0. The molecule has 0 bridgehead atoms. The normalized spacial score (nSPS) is 18.6. The lowest BCUT2D eigenvalue weighted by atomic mass is 10.1. The van der Waals surface area contributed by atoms with Crippen LogP contribution in [0.1, 0.15) is 23.3 Å². The molecule has 4 nitrogen and oxygen atoms in total. The second-order valence-corrected chi connectivity index (χ2v) is 6.71. The molecule has 0 aliphatic carbocycles. The summed E-state index contributed by atoms with van der Waals surface area (Å²) in [5, 5.41) is 0.611. The molecule has 3 rings (SSSR count). The third kappa shape index (κ3) is 5.14. The van der Waals surface area contributed by atoms with Crippen molar-refractivity contribution in [1.82, 2.24) is 9.88 Å². The molecule has 2 heterocycles. The maximum atomic E-state index is 13.6. The van der Waals surface area contributed by atoms with Crippen LogP contribution in [0.3, 0.4) is 0 Å². The fraction of sp³-hybridized carbons (Fsp3) is 0.438. The molecule has 0 unspecified atom stereocenters. The topological polar surface area (TPSA) is 51.4 Å². The molecule has 2 aromatic rings. The second-order valence-electron chi connectivity index (χ2n) is 5.57. The average molecular weight is 358 g/mol. The number of benzene rings is 1. The minimum atomic E-state index is -0.199. The van der Waals surface area contributed by atoms with E-state index in [1.165, 1.54) is 22.3 Å². The van der Waals surface area contributed by atoms with E-state index in [2.05, 4.69) is 9.88 Å². The largest absolute Gasteiger partial charge is 0.375 e. The van der Waals surface area contributed by atoms with E-state index in [-0.39, 0.29) is 24.3 Å². The van der Waals surface area contributed by atoms with Crippen LogP contribution in [-0.4, -0.2) is 29.1 Å². The second kappa shape index (κ2) is 8.59. The zero-order valence-electron chi connectivity index (χ0n) is 12.8. The van der Waals surface area contributed by atoms with Crippen LogP contribution in [0, 0.1) is 5.82 Å². The number of anilines is 1. The van der Waals surface area contributed by atoms with Crippen LogP contribution in [0.5, 0.6) is 0 Å². The Hall–Kier alpha value is -1.21. The van der Waals surface area contributed by atoms with E-state index in [0.29, 0.717) is 17.3 Å². The van der Waals surface area contributed by atoms with Crippen LogP contribution in [0.4, 0.5) is 9.52 Å². The lowest BCUT2D eigenvalue weighted by molar-refractivity contribution is -0.0127. The Labute approximate surface area is 145 Å². The van der Waals surface area contributed by atoms with E-state index in [9.17, 15) is 4.39 Å². The van der Waals surface area contributed by atoms with Gasteiger partial charge in [0.2, 0.25) is 0 Å². The Morgan fingerprint density at radius 3 is 2.96 bits per heavy atom. The molecule has 0 amide bonds. The Morgan fingerprint density at radius 2 is 2.22 bits per heavy atom. The zero-order chi connectivity index (χ0) is 15.4. The quantitative estimate of drug-likeness (QED) is 0.890. The smallest absolute Gasteiger partial charge is 0.180 e. The summed E-state index contributed by atoms with van der Waals surface area (Å²) in [6, 6.07) is 6.78. The SMILES string of the molecule is Cl.Nc1ncc(CN2CCC[C@H](OCc3ccccc3F)C2)s1. The minimum Gasteiger partial charge on any atom is -0.375 e. The molecule has 1 aromatic heterocycles. The Bertz CT molecular complexity index is 625. The molecule has 1 atom stereocenters. The first-order valence-corrected chi connectivity index (χ1v) is 8.30. The number of nitrogens with two attached hydrogens (primary N) is 1. The van der Waals surface area contributed by atoms with Gasteiger partial charge in [-0.05, 0) is 25.5 Å². The predicted molar refractivity (Wildman–Crippen MR) is 93.3 cm³/mol. The van der Waals surface area contributed by atoms with Gasteiger partial charge in [0.1, 0.15) is 5.82 Å². The summed E-state index contributed by atoms with van der Waals surface area (Å²) in [7, 11) is 0. The number of likely N-dealkylation sites (tertiary alicyclic amines) is 1. The standard InChI is InChI=1S/C16H20FN3OS.ClH/c17-15-6-2-1-4-12(15)11-21-13-5-3-7-20(9-13)10-14-8-19-16(18)22-14;/h1-2,4,6,8,13H,3,5,7,9-11H2,(H2,18,19);1H/t13-;/m0./s1. The molecule has 0 spiro atoms. The molecule has 0 saturated carbocycles. The summed E-state index contributed by atoms with van der Waals surface area (Å²) in [5.74, 6) is -0.199. The number of nitrogen functional groups attached to an aromatic ring is 1. The number of nitrogens with zero attached hydrogens (tertiary/aromatic N) is 2. The van der Waals surface area contributed by atoms with Crippen molar-refractivity contribution < 1.29 is 9.13 Å². The van der Waals surface area contributed by atoms with Crippen molar-refractivity contribution in [2.45, 2.75) is 32.1 Å². The number of rotatable bonds is 5. The van der Waals surface area contributed by atoms with Gasteiger partial charge in [0.15, 0.2) is 5.13 Å². The molecule has 0 radical (unpaired) electrons. The van der Waals surface area contributed by atoms with Crippen molar-refractivity contribution in [3.05, 3.63) is 46.7 Å². The van der Waals surface area contributed by atoms with Crippen molar-refractivity contribution in [3.8, 4) is 0 Å². The van der Waals surface area contributed by atoms with E-state index < -0.39 is 0 Å². The third-order valence-electron chi connectivity index (χ3n) is 3.85. The van der Waals surface area contributed by atoms with Crippen molar-refractivity contribution in [3.63, 3.8) is 0 Å². The van der Waals surface area contributed by atoms with Crippen LogP contribution in [0.25, 0.3) is 0 Å². The van der Waals surface area contributed by atoms with Crippen molar-refractivity contribution in [2.24, 2.45) is 0 Å². The summed E-state index contributed by atoms with van der Waals surface area (Å²) in [6.07, 6.45) is 4.11. The molecule has 1 fully saturated rings. The zero-order valence-corrected chi connectivity index (χ0v) is 14.4. The summed E-state index contributed by atoms with van der Waals surface area (Å²) in [5.41, 5.74) is 6.29. The number of piperidine rings is 1. The van der Waals surface area contributed by atoms with Gasteiger partial charge in [-0.2, -0.15) is 0 Å². The van der Waals surface area contributed by atoms with E-state index in [1.807, 2.05) is 12.3 Å². The molecular weight excluding hydrogens is 337 g/mol. The van der Waals surface area contributed by atoms with Crippen LogP contribution in [0.2, 0.25) is 0 Å². The van der Waals surface area contributed by atoms with E-state index in [4.69, 9.17) is 10.5 Å². The van der Waals surface area contributed by atoms with Gasteiger partial charge < -0.3 is 10.5 Å². The highest BCUT2D eigenvalue weighted by Crippen LogP contribution is 2.21. The molecule has 23 heavy (non-hydrogen) atoms. The average Bonchev–Trinajstić information content (AvgIpc) is 2.92. The van der Waals surface area contributed by atoms with Gasteiger partial charge >= 0.3 is 0 Å².